The zero-order chi connectivity index (χ0) is 33.0. The van der Waals surface area contributed by atoms with E-state index in [9.17, 15) is 0 Å². The van der Waals surface area contributed by atoms with Crippen molar-refractivity contribution in [3.63, 3.8) is 0 Å². The molecule has 50 heavy (non-hydrogen) atoms. The first-order chi connectivity index (χ1) is 24.7. The normalized spacial score (nSPS) is 11.6. The lowest BCUT2D eigenvalue weighted by Gasteiger charge is -2.10. The van der Waals surface area contributed by atoms with Gasteiger partial charge in [-0.2, -0.15) is 0 Å². The van der Waals surface area contributed by atoms with Crippen LogP contribution in [0.5, 0.6) is 0 Å². The number of para-hydroxylation sites is 3. The van der Waals surface area contributed by atoms with Gasteiger partial charge in [-0.15, -0.1) is 0 Å². The molecule has 0 bridgehead atoms. The molecular weight excluding hydrogens is 615 g/mol. The fourth-order valence-corrected chi connectivity index (χ4v) is 6.89. The van der Waals surface area contributed by atoms with Gasteiger partial charge in [-0.05, 0) is 53.1 Å². The van der Waals surface area contributed by atoms with Crippen LogP contribution < -0.4 is 0 Å². The van der Waals surface area contributed by atoms with Crippen LogP contribution in [0, 0.1) is 0 Å². The number of aromatic nitrogens is 3. The van der Waals surface area contributed by atoms with Crippen LogP contribution in [0.15, 0.2) is 173 Å². The Bertz CT molecular complexity index is 2890. The highest BCUT2D eigenvalue weighted by atomic mass is 16.3. The molecule has 0 spiro atoms. The number of fused-ring (bicyclic) bond motifs is 6. The minimum absolute atomic E-state index is 0.586. The van der Waals surface area contributed by atoms with Gasteiger partial charge in [0.1, 0.15) is 22.3 Å². The molecular formula is C45H27N3O2. The summed E-state index contributed by atoms with van der Waals surface area (Å²) >= 11 is 0. The molecule has 0 aliphatic rings. The van der Waals surface area contributed by atoms with Crippen molar-refractivity contribution in [2.45, 2.75) is 0 Å². The van der Waals surface area contributed by atoms with Gasteiger partial charge in [0.15, 0.2) is 17.5 Å². The lowest BCUT2D eigenvalue weighted by molar-refractivity contribution is 0.669. The van der Waals surface area contributed by atoms with Gasteiger partial charge in [0.05, 0.1) is 0 Å². The third-order valence-electron chi connectivity index (χ3n) is 9.34. The second-order valence-corrected chi connectivity index (χ2v) is 12.4. The van der Waals surface area contributed by atoms with Gasteiger partial charge >= 0.3 is 0 Å². The van der Waals surface area contributed by atoms with Crippen LogP contribution in [0.4, 0.5) is 0 Å². The highest BCUT2D eigenvalue weighted by Gasteiger charge is 2.16. The lowest BCUT2D eigenvalue weighted by Crippen LogP contribution is -2.00. The van der Waals surface area contributed by atoms with E-state index >= 15 is 0 Å². The maximum atomic E-state index is 6.37. The monoisotopic (exact) mass is 641 g/mol. The number of benzene rings is 7. The summed E-state index contributed by atoms with van der Waals surface area (Å²) in [5, 5.41) is 4.39. The average Bonchev–Trinajstić information content (AvgIpc) is 3.76. The van der Waals surface area contributed by atoms with E-state index in [1.807, 2.05) is 66.7 Å². The van der Waals surface area contributed by atoms with Gasteiger partial charge in [-0.3, -0.25) is 0 Å². The molecule has 10 rings (SSSR count). The molecule has 0 amide bonds. The Hall–Kier alpha value is -6.85. The van der Waals surface area contributed by atoms with Gasteiger partial charge in [0.2, 0.25) is 0 Å². The molecule has 5 heteroatoms. The summed E-state index contributed by atoms with van der Waals surface area (Å²) in [6, 6.07) is 55.8. The number of furan rings is 2. The second-order valence-electron chi connectivity index (χ2n) is 12.4. The highest BCUT2D eigenvalue weighted by molar-refractivity contribution is 6.09. The minimum Gasteiger partial charge on any atom is -0.456 e. The van der Waals surface area contributed by atoms with Crippen LogP contribution in [0.1, 0.15) is 0 Å². The Labute approximate surface area is 287 Å². The van der Waals surface area contributed by atoms with Gasteiger partial charge in [-0.25, -0.2) is 15.0 Å². The minimum atomic E-state index is 0.586. The van der Waals surface area contributed by atoms with Crippen molar-refractivity contribution in [2.75, 3.05) is 0 Å². The topological polar surface area (TPSA) is 65.0 Å². The van der Waals surface area contributed by atoms with Crippen molar-refractivity contribution in [1.29, 1.82) is 0 Å². The molecule has 0 radical (unpaired) electrons. The van der Waals surface area contributed by atoms with Crippen LogP contribution >= 0.6 is 0 Å². The van der Waals surface area contributed by atoms with Crippen molar-refractivity contribution >= 4 is 43.9 Å². The van der Waals surface area contributed by atoms with Crippen molar-refractivity contribution in [3.05, 3.63) is 164 Å². The Morgan fingerprint density at radius 2 is 0.800 bits per heavy atom. The van der Waals surface area contributed by atoms with Gasteiger partial charge in [0.25, 0.3) is 0 Å². The third kappa shape index (κ3) is 4.75. The van der Waals surface area contributed by atoms with Crippen molar-refractivity contribution < 1.29 is 8.83 Å². The van der Waals surface area contributed by atoms with E-state index in [1.165, 1.54) is 0 Å². The predicted molar refractivity (Wildman–Crippen MR) is 202 cm³/mol. The fraction of sp³-hybridized carbons (Fsp3) is 0. The van der Waals surface area contributed by atoms with E-state index in [-0.39, 0.29) is 0 Å². The Morgan fingerprint density at radius 3 is 1.56 bits per heavy atom. The Balaban J connectivity index is 1.08. The van der Waals surface area contributed by atoms with Gasteiger partial charge < -0.3 is 8.83 Å². The van der Waals surface area contributed by atoms with Crippen molar-refractivity contribution in [3.8, 4) is 56.4 Å². The maximum Gasteiger partial charge on any atom is 0.164 e. The first-order valence-corrected chi connectivity index (χ1v) is 16.6. The number of hydrogen-bond acceptors (Lipinski definition) is 5. The van der Waals surface area contributed by atoms with Crippen LogP contribution in [0.25, 0.3) is 100 Å². The largest absolute Gasteiger partial charge is 0.456 e. The van der Waals surface area contributed by atoms with E-state index in [4.69, 9.17) is 23.8 Å². The highest BCUT2D eigenvalue weighted by Crippen LogP contribution is 2.38. The smallest absolute Gasteiger partial charge is 0.164 e. The molecule has 0 N–H and O–H groups in total. The number of nitrogens with zero attached hydrogens (tertiary/aromatic N) is 3. The lowest BCUT2D eigenvalue weighted by atomic mass is 9.97. The molecule has 0 aliphatic heterocycles. The zero-order valence-corrected chi connectivity index (χ0v) is 26.7. The summed E-state index contributed by atoms with van der Waals surface area (Å²) in [5.41, 5.74) is 10.4. The molecule has 234 valence electrons. The number of rotatable bonds is 5. The first-order valence-electron chi connectivity index (χ1n) is 16.6. The van der Waals surface area contributed by atoms with Gasteiger partial charge in [-0.1, -0.05) is 127 Å². The van der Waals surface area contributed by atoms with E-state index in [1.54, 1.807) is 0 Å². The van der Waals surface area contributed by atoms with Crippen LogP contribution in [-0.2, 0) is 0 Å². The van der Waals surface area contributed by atoms with E-state index < -0.39 is 0 Å². The van der Waals surface area contributed by atoms with E-state index in [2.05, 4.69) is 97.1 Å². The molecule has 7 aromatic carbocycles. The third-order valence-corrected chi connectivity index (χ3v) is 9.34. The van der Waals surface area contributed by atoms with E-state index in [0.717, 1.165) is 82.8 Å². The number of hydrogen-bond donors (Lipinski definition) is 0. The van der Waals surface area contributed by atoms with Crippen LogP contribution in [0.2, 0.25) is 0 Å². The summed E-state index contributed by atoms with van der Waals surface area (Å²) in [5.74, 6) is 1.80. The zero-order valence-electron chi connectivity index (χ0n) is 26.7. The van der Waals surface area contributed by atoms with E-state index in [0.29, 0.717) is 17.5 Å². The molecule has 5 nitrogen and oxygen atoms in total. The summed E-state index contributed by atoms with van der Waals surface area (Å²) < 4.78 is 12.6. The Morgan fingerprint density at radius 1 is 0.300 bits per heavy atom. The average molecular weight is 642 g/mol. The summed E-state index contributed by atoms with van der Waals surface area (Å²) in [7, 11) is 0. The standard InChI is InChI=1S/C45H27N3O2/c1-2-11-28(12-3-1)43-46-44(48-45(47-43)33-23-24-37-35-17-4-6-21-39(35)49-41(37)27-33)32-16-9-14-30(26-32)29-13-8-15-31(25-29)34-19-10-20-38-36-18-5-7-22-40(36)50-42(34)38/h1-27H. The Kier molecular flexibility index (Phi) is 6.42. The van der Waals surface area contributed by atoms with Crippen molar-refractivity contribution in [2.24, 2.45) is 0 Å². The quantitative estimate of drug-likeness (QED) is 0.187. The second kappa shape index (κ2) is 11.4. The molecule has 3 heterocycles. The molecule has 3 aromatic heterocycles. The molecule has 0 fully saturated rings. The van der Waals surface area contributed by atoms with Gasteiger partial charge in [0, 0.05) is 43.8 Å². The SMILES string of the molecule is c1ccc(-c2nc(-c3cccc(-c4cccc(-c5cccc6c5oc5ccccc56)c4)c3)nc(-c3ccc4c(c3)oc3ccccc34)n2)cc1. The van der Waals surface area contributed by atoms with Crippen molar-refractivity contribution in [1.82, 2.24) is 15.0 Å². The summed E-state index contributed by atoms with van der Waals surface area (Å²) in [6.07, 6.45) is 0. The maximum absolute atomic E-state index is 6.37. The van der Waals surface area contributed by atoms with Crippen LogP contribution in [-0.4, -0.2) is 15.0 Å². The summed E-state index contributed by atoms with van der Waals surface area (Å²) in [6.45, 7) is 0. The predicted octanol–water partition coefficient (Wildman–Crippen LogP) is 12.0. The summed E-state index contributed by atoms with van der Waals surface area (Å²) in [4.78, 5) is 15.0. The molecule has 0 unspecified atom stereocenters. The molecule has 0 saturated carbocycles. The molecule has 0 aliphatic carbocycles. The molecule has 10 aromatic rings. The molecule has 0 atom stereocenters. The molecule has 0 saturated heterocycles. The fourth-order valence-electron chi connectivity index (χ4n) is 6.89. The first kappa shape index (κ1) is 28.2. The van der Waals surface area contributed by atoms with Crippen LogP contribution in [0.3, 0.4) is 0 Å².